The van der Waals surface area contributed by atoms with Crippen molar-refractivity contribution < 1.29 is 9.32 Å². The molecule has 2 saturated heterocycles. The molecule has 0 aliphatic carbocycles. The minimum Gasteiger partial charge on any atom is -0.356 e. The number of nitrogens with zero attached hydrogens (tertiary/aromatic N) is 5. The maximum absolute atomic E-state index is 13.2. The first kappa shape index (κ1) is 16.1. The molecular formula is C18H23N5O2. The van der Waals surface area contributed by atoms with Crippen molar-refractivity contribution in [1.82, 2.24) is 20.0 Å². The van der Waals surface area contributed by atoms with Gasteiger partial charge in [0.1, 0.15) is 5.82 Å². The van der Waals surface area contributed by atoms with Crippen molar-refractivity contribution in [2.45, 2.75) is 38.6 Å². The van der Waals surface area contributed by atoms with Gasteiger partial charge in [-0.2, -0.15) is 4.98 Å². The molecule has 0 saturated carbocycles. The molecule has 0 unspecified atom stereocenters. The Kier molecular flexibility index (Phi) is 4.38. The van der Waals surface area contributed by atoms with Gasteiger partial charge in [0.15, 0.2) is 5.82 Å². The highest BCUT2D eigenvalue weighted by atomic mass is 16.5. The summed E-state index contributed by atoms with van der Waals surface area (Å²) in [6, 6.07) is 5.86. The van der Waals surface area contributed by atoms with E-state index in [0.29, 0.717) is 11.7 Å². The van der Waals surface area contributed by atoms with Crippen LogP contribution in [0.5, 0.6) is 0 Å². The van der Waals surface area contributed by atoms with Gasteiger partial charge in [-0.15, -0.1) is 0 Å². The number of piperidine rings is 1. The highest BCUT2D eigenvalue weighted by molar-refractivity contribution is 5.80. The third-order valence-corrected chi connectivity index (χ3v) is 5.12. The van der Waals surface area contributed by atoms with E-state index in [4.69, 9.17) is 4.52 Å². The molecule has 7 heteroatoms. The van der Waals surface area contributed by atoms with E-state index < -0.39 is 0 Å². The minimum absolute atomic E-state index is 0.00403. The van der Waals surface area contributed by atoms with Crippen LogP contribution in [0.4, 0.5) is 5.82 Å². The number of aromatic nitrogens is 3. The molecule has 2 atom stereocenters. The molecule has 2 aliphatic heterocycles. The van der Waals surface area contributed by atoms with E-state index in [2.05, 4.69) is 20.0 Å². The van der Waals surface area contributed by atoms with Crippen LogP contribution in [0.15, 0.2) is 28.9 Å². The van der Waals surface area contributed by atoms with Crippen LogP contribution >= 0.6 is 0 Å². The number of anilines is 1. The molecule has 2 aromatic rings. The largest absolute Gasteiger partial charge is 0.356 e. The van der Waals surface area contributed by atoms with Crippen molar-refractivity contribution in [3.8, 4) is 0 Å². The fourth-order valence-corrected chi connectivity index (χ4v) is 3.91. The number of pyridine rings is 1. The number of hydrogen-bond acceptors (Lipinski definition) is 6. The fraction of sp³-hybridized carbons (Fsp3) is 0.556. The summed E-state index contributed by atoms with van der Waals surface area (Å²) in [4.78, 5) is 26.1. The number of hydrogen-bond donors (Lipinski definition) is 0. The lowest BCUT2D eigenvalue weighted by Gasteiger charge is -2.35. The first-order valence-corrected chi connectivity index (χ1v) is 8.99. The maximum Gasteiger partial charge on any atom is 0.228 e. The van der Waals surface area contributed by atoms with Gasteiger partial charge in [-0.25, -0.2) is 4.98 Å². The second kappa shape index (κ2) is 6.82. The predicted octanol–water partition coefficient (Wildman–Crippen LogP) is 2.35. The Hall–Kier alpha value is -2.44. The summed E-state index contributed by atoms with van der Waals surface area (Å²) >= 11 is 0. The van der Waals surface area contributed by atoms with Crippen LogP contribution in [-0.2, 0) is 4.79 Å². The zero-order chi connectivity index (χ0) is 17.2. The second-order valence-electron chi connectivity index (χ2n) is 6.83. The predicted molar refractivity (Wildman–Crippen MR) is 91.9 cm³/mol. The van der Waals surface area contributed by atoms with Crippen molar-refractivity contribution in [2.24, 2.45) is 5.92 Å². The zero-order valence-electron chi connectivity index (χ0n) is 14.5. The van der Waals surface area contributed by atoms with Crippen LogP contribution in [-0.4, -0.2) is 45.6 Å². The van der Waals surface area contributed by atoms with Crippen LogP contribution in [0.2, 0.25) is 0 Å². The quantitative estimate of drug-likeness (QED) is 0.853. The van der Waals surface area contributed by atoms with Crippen molar-refractivity contribution in [3.63, 3.8) is 0 Å². The van der Waals surface area contributed by atoms with E-state index in [0.717, 1.165) is 51.1 Å². The number of carbonyl (C=O) groups excluding carboxylic acids is 1. The van der Waals surface area contributed by atoms with Gasteiger partial charge in [0.2, 0.25) is 11.8 Å². The van der Waals surface area contributed by atoms with Gasteiger partial charge in [-0.1, -0.05) is 11.2 Å². The highest BCUT2D eigenvalue weighted by Gasteiger charge is 2.37. The summed E-state index contributed by atoms with van der Waals surface area (Å²) in [6.07, 6.45) is 5.63. The van der Waals surface area contributed by atoms with E-state index in [1.54, 1.807) is 13.1 Å². The van der Waals surface area contributed by atoms with Crippen LogP contribution in [0.25, 0.3) is 0 Å². The van der Waals surface area contributed by atoms with Gasteiger partial charge in [0.25, 0.3) is 0 Å². The molecule has 0 bridgehead atoms. The Morgan fingerprint density at radius 2 is 2.12 bits per heavy atom. The third-order valence-electron chi connectivity index (χ3n) is 5.12. The van der Waals surface area contributed by atoms with Crippen molar-refractivity contribution in [2.75, 3.05) is 24.5 Å². The first-order valence-electron chi connectivity index (χ1n) is 8.99. The minimum atomic E-state index is -0.0461. The van der Waals surface area contributed by atoms with Gasteiger partial charge < -0.3 is 14.3 Å². The Labute approximate surface area is 147 Å². The average molecular weight is 341 g/mol. The molecule has 0 radical (unpaired) electrons. The van der Waals surface area contributed by atoms with E-state index in [1.807, 2.05) is 23.1 Å². The van der Waals surface area contributed by atoms with E-state index in [1.165, 1.54) is 0 Å². The molecule has 132 valence electrons. The summed E-state index contributed by atoms with van der Waals surface area (Å²) in [6.45, 7) is 4.24. The van der Waals surface area contributed by atoms with Gasteiger partial charge in [0.05, 0.1) is 12.0 Å². The lowest BCUT2D eigenvalue weighted by molar-refractivity contribution is -0.137. The fourth-order valence-electron chi connectivity index (χ4n) is 3.91. The lowest BCUT2D eigenvalue weighted by Crippen LogP contribution is -2.45. The summed E-state index contributed by atoms with van der Waals surface area (Å²) in [5.74, 6) is 2.36. The summed E-state index contributed by atoms with van der Waals surface area (Å²) < 4.78 is 5.11. The lowest BCUT2D eigenvalue weighted by atomic mass is 9.96. The molecule has 0 aromatic carbocycles. The van der Waals surface area contributed by atoms with E-state index >= 15 is 0 Å². The number of carbonyl (C=O) groups is 1. The summed E-state index contributed by atoms with van der Waals surface area (Å²) in [5, 5.41) is 4.04. The third kappa shape index (κ3) is 3.23. The Bertz CT molecular complexity index is 732. The summed E-state index contributed by atoms with van der Waals surface area (Å²) in [7, 11) is 0. The number of rotatable bonds is 3. The molecular weight excluding hydrogens is 318 g/mol. The maximum atomic E-state index is 13.2. The van der Waals surface area contributed by atoms with Gasteiger partial charge in [-0.3, -0.25) is 4.79 Å². The Balaban J connectivity index is 1.48. The molecule has 0 spiro atoms. The van der Waals surface area contributed by atoms with Crippen molar-refractivity contribution >= 4 is 11.7 Å². The van der Waals surface area contributed by atoms with Crippen LogP contribution in [0, 0.1) is 12.8 Å². The molecule has 0 N–H and O–H groups in total. The molecule has 7 nitrogen and oxygen atoms in total. The van der Waals surface area contributed by atoms with Crippen LogP contribution in [0.3, 0.4) is 0 Å². The summed E-state index contributed by atoms with van der Waals surface area (Å²) in [5.41, 5.74) is 0. The van der Waals surface area contributed by atoms with Gasteiger partial charge in [-0.05, 0) is 37.8 Å². The van der Waals surface area contributed by atoms with E-state index in [9.17, 15) is 4.79 Å². The zero-order valence-corrected chi connectivity index (χ0v) is 14.5. The van der Waals surface area contributed by atoms with Crippen molar-refractivity contribution in [3.05, 3.63) is 36.1 Å². The second-order valence-corrected chi connectivity index (χ2v) is 6.83. The monoisotopic (exact) mass is 341 g/mol. The molecule has 25 heavy (non-hydrogen) atoms. The van der Waals surface area contributed by atoms with Gasteiger partial charge >= 0.3 is 0 Å². The Morgan fingerprint density at radius 3 is 2.88 bits per heavy atom. The number of aryl methyl sites for hydroxylation is 1. The number of likely N-dealkylation sites (tertiary alicyclic amines) is 1. The topological polar surface area (TPSA) is 75.4 Å². The SMILES string of the molecule is Cc1nc([C@@H]2CCCN2C(=O)[C@H]2CCCN(c3ccccn3)C2)no1. The first-order chi connectivity index (χ1) is 12.2. The molecule has 2 fully saturated rings. The molecule has 1 amide bonds. The van der Waals surface area contributed by atoms with E-state index in [-0.39, 0.29) is 17.9 Å². The Morgan fingerprint density at radius 1 is 1.24 bits per heavy atom. The molecule has 2 aliphatic rings. The average Bonchev–Trinajstić information content (AvgIpc) is 3.30. The van der Waals surface area contributed by atoms with Crippen molar-refractivity contribution in [1.29, 1.82) is 0 Å². The van der Waals surface area contributed by atoms with Gasteiger partial charge in [0, 0.05) is 32.8 Å². The standard InChI is InChI=1S/C18H23N5O2/c1-13-20-17(21-25-13)15-7-5-11-23(15)18(24)14-6-4-10-22(12-14)16-8-2-3-9-19-16/h2-3,8-9,14-15H,4-7,10-12H2,1H3/t14-,15-/m0/s1. The molecule has 2 aromatic heterocycles. The molecule has 4 heterocycles. The van der Waals surface area contributed by atoms with Crippen LogP contribution in [0.1, 0.15) is 43.4 Å². The van der Waals surface area contributed by atoms with Crippen LogP contribution < -0.4 is 4.90 Å². The number of amides is 1. The smallest absolute Gasteiger partial charge is 0.228 e. The highest BCUT2D eigenvalue weighted by Crippen LogP contribution is 2.33. The normalized spacial score (nSPS) is 23.9. The molecule has 4 rings (SSSR count).